The van der Waals surface area contributed by atoms with Gasteiger partial charge in [0.2, 0.25) is 0 Å². The molecule has 7 nitrogen and oxygen atoms in total. The molecular formula is C11H20N2O5. The van der Waals surface area contributed by atoms with Crippen molar-refractivity contribution in [2.45, 2.75) is 25.0 Å². The van der Waals surface area contributed by atoms with Crippen LogP contribution in [0.5, 0.6) is 0 Å². The maximum absolute atomic E-state index is 11.8. The van der Waals surface area contributed by atoms with Crippen LogP contribution in [-0.2, 0) is 14.3 Å². The first-order valence-corrected chi connectivity index (χ1v) is 5.78. The molecule has 104 valence electrons. The largest absolute Gasteiger partial charge is 0.480 e. The van der Waals surface area contributed by atoms with E-state index in [-0.39, 0.29) is 0 Å². The molecule has 2 amide bonds. The zero-order valence-corrected chi connectivity index (χ0v) is 10.9. The highest BCUT2D eigenvalue weighted by atomic mass is 16.5. The van der Waals surface area contributed by atoms with E-state index in [4.69, 9.17) is 14.6 Å². The Morgan fingerprint density at radius 3 is 2.72 bits per heavy atom. The Labute approximate surface area is 106 Å². The molecule has 1 heterocycles. The van der Waals surface area contributed by atoms with E-state index >= 15 is 0 Å². The lowest BCUT2D eigenvalue weighted by Gasteiger charge is -2.28. The van der Waals surface area contributed by atoms with Crippen molar-refractivity contribution in [1.82, 2.24) is 10.2 Å². The minimum atomic E-state index is -1.04. The fourth-order valence-electron chi connectivity index (χ4n) is 1.66. The van der Waals surface area contributed by atoms with Crippen molar-refractivity contribution < 1.29 is 24.2 Å². The Hall–Kier alpha value is -1.34. The van der Waals surface area contributed by atoms with Gasteiger partial charge in [-0.2, -0.15) is 0 Å². The van der Waals surface area contributed by atoms with E-state index < -0.39 is 23.6 Å². The Balaban J connectivity index is 2.47. The number of hydrogen-bond acceptors (Lipinski definition) is 4. The molecule has 0 radical (unpaired) electrons. The quantitative estimate of drug-likeness (QED) is 0.721. The maximum atomic E-state index is 11.8. The van der Waals surface area contributed by atoms with E-state index in [1.807, 2.05) is 0 Å². The van der Waals surface area contributed by atoms with Gasteiger partial charge in [0, 0.05) is 27.2 Å². The third-order valence-electron chi connectivity index (χ3n) is 3.32. The molecule has 2 N–H and O–H groups in total. The number of methoxy groups -OCH3 is 1. The van der Waals surface area contributed by atoms with Crippen molar-refractivity contribution in [1.29, 1.82) is 0 Å². The fraction of sp³-hybridized carbons (Fsp3) is 0.818. The average molecular weight is 260 g/mol. The van der Waals surface area contributed by atoms with Gasteiger partial charge in [-0.15, -0.1) is 0 Å². The summed E-state index contributed by atoms with van der Waals surface area (Å²) in [6.45, 7) is 2.79. The van der Waals surface area contributed by atoms with Crippen molar-refractivity contribution in [3.8, 4) is 0 Å². The van der Waals surface area contributed by atoms with Gasteiger partial charge >= 0.3 is 12.0 Å². The van der Waals surface area contributed by atoms with E-state index in [1.165, 1.54) is 14.0 Å². The molecule has 1 fully saturated rings. The first-order valence-electron chi connectivity index (χ1n) is 5.78. The molecule has 7 heteroatoms. The number of carboxylic acids is 1. The highest BCUT2D eigenvalue weighted by Gasteiger charge is 2.35. The molecule has 1 aliphatic rings. The summed E-state index contributed by atoms with van der Waals surface area (Å²) in [5.41, 5.74) is -0.497. The second-order valence-electron chi connectivity index (χ2n) is 4.47. The molecule has 0 saturated carbocycles. The zero-order valence-electron chi connectivity index (χ0n) is 10.9. The molecule has 0 aromatic heterocycles. The number of nitrogens with one attached hydrogen (secondary N) is 1. The number of nitrogens with zero attached hydrogens (tertiary/aromatic N) is 1. The van der Waals surface area contributed by atoms with E-state index in [2.05, 4.69) is 5.32 Å². The normalized spacial score (nSPS) is 24.6. The molecule has 0 aromatic carbocycles. The monoisotopic (exact) mass is 260 g/mol. The van der Waals surface area contributed by atoms with Gasteiger partial charge in [0.1, 0.15) is 11.6 Å². The standard InChI is InChI=1S/C11H20N2O5/c1-8(9(14)15)13(2)10(16)12-6-11(17-3)4-5-18-7-11/h8H,4-7H2,1-3H3,(H,12,16)(H,14,15). The minimum Gasteiger partial charge on any atom is -0.480 e. The molecule has 1 rings (SSSR count). The molecule has 0 spiro atoms. The number of likely N-dealkylation sites (N-methyl/N-ethyl adjacent to an activating group) is 1. The van der Waals surface area contributed by atoms with Gasteiger partial charge in [-0.05, 0) is 6.92 Å². The molecular weight excluding hydrogens is 240 g/mol. The number of aliphatic carboxylic acids is 1. The lowest BCUT2D eigenvalue weighted by molar-refractivity contribution is -0.141. The number of amides is 2. The van der Waals surface area contributed by atoms with Gasteiger partial charge in [0.15, 0.2) is 0 Å². The SMILES string of the molecule is COC1(CNC(=O)N(C)C(C)C(=O)O)CCOC1. The second kappa shape index (κ2) is 6.01. The Morgan fingerprint density at radius 2 is 2.28 bits per heavy atom. The number of carbonyl (C=O) groups excluding carboxylic acids is 1. The van der Waals surface area contributed by atoms with Crippen molar-refractivity contribution in [3.63, 3.8) is 0 Å². The zero-order chi connectivity index (χ0) is 13.8. The lowest BCUT2D eigenvalue weighted by atomic mass is 10.0. The predicted molar refractivity (Wildman–Crippen MR) is 63.4 cm³/mol. The van der Waals surface area contributed by atoms with Crippen molar-refractivity contribution in [2.24, 2.45) is 0 Å². The van der Waals surface area contributed by atoms with E-state index in [0.29, 0.717) is 26.2 Å². The van der Waals surface area contributed by atoms with Crippen molar-refractivity contribution in [3.05, 3.63) is 0 Å². The summed E-state index contributed by atoms with van der Waals surface area (Å²) in [5.74, 6) is -1.04. The smallest absolute Gasteiger partial charge is 0.326 e. The fourth-order valence-corrected chi connectivity index (χ4v) is 1.66. The first-order chi connectivity index (χ1) is 8.42. The van der Waals surface area contributed by atoms with Crippen LogP contribution in [-0.4, -0.2) is 67.6 Å². The van der Waals surface area contributed by atoms with Gasteiger partial charge in [-0.3, -0.25) is 0 Å². The number of rotatable bonds is 5. The van der Waals surface area contributed by atoms with E-state index in [0.717, 1.165) is 4.90 Å². The molecule has 0 aliphatic carbocycles. The average Bonchev–Trinajstić information content (AvgIpc) is 2.83. The van der Waals surface area contributed by atoms with E-state index in [9.17, 15) is 9.59 Å². The molecule has 2 atom stereocenters. The molecule has 0 bridgehead atoms. The number of ether oxygens (including phenoxy) is 2. The highest BCUT2D eigenvalue weighted by molar-refractivity contribution is 5.82. The second-order valence-corrected chi connectivity index (χ2v) is 4.47. The van der Waals surface area contributed by atoms with Crippen LogP contribution in [0.15, 0.2) is 0 Å². The van der Waals surface area contributed by atoms with Gasteiger partial charge in [0.05, 0.1) is 13.2 Å². The summed E-state index contributed by atoms with van der Waals surface area (Å²) in [6.07, 6.45) is 0.710. The molecule has 1 aliphatic heterocycles. The van der Waals surface area contributed by atoms with Crippen LogP contribution in [0.3, 0.4) is 0 Å². The van der Waals surface area contributed by atoms with Crippen molar-refractivity contribution in [2.75, 3.05) is 33.9 Å². The Morgan fingerprint density at radius 1 is 1.61 bits per heavy atom. The van der Waals surface area contributed by atoms with Crippen LogP contribution in [0.2, 0.25) is 0 Å². The lowest BCUT2D eigenvalue weighted by Crippen LogP contribution is -2.51. The third-order valence-corrected chi connectivity index (χ3v) is 3.32. The first kappa shape index (κ1) is 14.7. The molecule has 2 unspecified atom stereocenters. The molecule has 1 saturated heterocycles. The van der Waals surface area contributed by atoms with Crippen molar-refractivity contribution >= 4 is 12.0 Å². The van der Waals surface area contributed by atoms with Gasteiger partial charge < -0.3 is 24.8 Å². The third kappa shape index (κ3) is 3.33. The van der Waals surface area contributed by atoms with Gasteiger partial charge in [0.25, 0.3) is 0 Å². The number of carboxylic acid groups (broad SMARTS) is 1. The van der Waals surface area contributed by atoms with E-state index in [1.54, 1.807) is 7.11 Å². The number of urea groups is 1. The molecule has 18 heavy (non-hydrogen) atoms. The van der Waals surface area contributed by atoms with Crippen LogP contribution in [0.1, 0.15) is 13.3 Å². The Kier molecular flexibility index (Phi) is 4.92. The Bertz CT molecular complexity index is 315. The van der Waals surface area contributed by atoms with Crippen LogP contribution >= 0.6 is 0 Å². The van der Waals surface area contributed by atoms with Crippen LogP contribution in [0, 0.1) is 0 Å². The predicted octanol–water partition coefficient (Wildman–Crippen LogP) is -0.0936. The highest BCUT2D eigenvalue weighted by Crippen LogP contribution is 2.21. The summed E-state index contributed by atoms with van der Waals surface area (Å²) < 4.78 is 10.6. The summed E-state index contributed by atoms with van der Waals surface area (Å²) in [5, 5.41) is 11.5. The summed E-state index contributed by atoms with van der Waals surface area (Å²) in [4.78, 5) is 23.7. The summed E-state index contributed by atoms with van der Waals surface area (Å²) >= 11 is 0. The van der Waals surface area contributed by atoms with Crippen LogP contribution in [0.4, 0.5) is 4.79 Å². The van der Waals surface area contributed by atoms with Gasteiger partial charge in [-0.25, -0.2) is 9.59 Å². The van der Waals surface area contributed by atoms with Crippen LogP contribution < -0.4 is 5.32 Å². The molecule has 0 aromatic rings. The van der Waals surface area contributed by atoms with Crippen LogP contribution in [0.25, 0.3) is 0 Å². The number of hydrogen-bond donors (Lipinski definition) is 2. The summed E-state index contributed by atoms with van der Waals surface area (Å²) in [6, 6.07) is -1.31. The summed E-state index contributed by atoms with van der Waals surface area (Å²) in [7, 11) is 3.02. The number of carbonyl (C=O) groups is 2. The topological polar surface area (TPSA) is 88.1 Å². The maximum Gasteiger partial charge on any atom is 0.326 e. The minimum absolute atomic E-state index is 0.305. The van der Waals surface area contributed by atoms with Gasteiger partial charge in [-0.1, -0.05) is 0 Å².